The van der Waals surface area contributed by atoms with Crippen molar-refractivity contribution >= 4 is 10.8 Å². The van der Waals surface area contributed by atoms with Crippen LogP contribution >= 0.6 is 0 Å². The van der Waals surface area contributed by atoms with Crippen LogP contribution in [0.2, 0.25) is 0 Å². The first-order valence-electron chi connectivity index (χ1n) is 6.02. The average molecular weight is 246 g/mol. The summed E-state index contributed by atoms with van der Waals surface area (Å²) in [7, 11) is 3.25. The zero-order chi connectivity index (χ0) is 13.0. The van der Waals surface area contributed by atoms with E-state index in [0.717, 1.165) is 23.3 Å². The Hall–Kier alpha value is -1.74. The van der Waals surface area contributed by atoms with Crippen LogP contribution in [0.3, 0.4) is 0 Å². The molecule has 0 saturated heterocycles. The summed E-state index contributed by atoms with van der Waals surface area (Å²) < 4.78 is 16.0. The van der Waals surface area contributed by atoms with Crippen molar-refractivity contribution < 1.29 is 14.2 Å². The van der Waals surface area contributed by atoms with Gasteiger partial charge in [-0.05, 0) is 23.4 Å². The average Bonchev–Trinajstić information content (AvgIpc) is 2.43. The van der Waals surface area contributed by atoms with Crippen molar-refractivity contribution in [1.29, 1.82) is 0 Å². The topological polar surface area (TPSA) is 27.7 Å². The van der Waals surface area contributed by atoms with E-state index in [-0.39, 0.29) is 6.79 Å². The fourth-order valence-corrected chi connectivity index (χ4v) is 2.11. The third-order valence-corrected chi connectivity index (χ3v) is 2.99. The van der Waals surface area contributed by atoms with Gasteiger partial charge < -0.3 is 14.2 Å². The Labute approximate surface area is 107 Å². The van der Waals surface area contributed by atoms with E-state index >= 15 is 0 Å². The first kappa shape index (κ1) is 12.7. The molecule has 0 radical (unpaired) electrons. The summed E-state index contributed by atoms with van der Waals surface area (Å²) in [6, 6.07) is 10.2. The summed E-state index contributed by atoms with van der Waals surface area (Å²) in [4.78, 5) is 0. The molecule has 0 fully saturated rings. The molecular weight excluding hydrogens is 228 g/mol. The summed E-state index contributed by atoms with van der Waals surface area (Å²) in [5.74, 6) is 1.47. The van der Waals surface area contributed by atoms with Crippen molar-refractivity contribution in [3.8, 4) is 11.5 Å². The molecule has 2 aromatic rings. The van der Waals surface area contributed by atoms with Gasteiger partial charge in [-0.3, -0.25) is 0 Å². The number of rotatable bonds is 5. The van der Waals surface area contributed by atoms with E-state index in [4.69, 9.17) is 14.2 Å². The number of benzene rings is 2. The molecule has 0 aliphatic heterocycles. The lowest BCUT2D eigenvalue weighted by Gasteiger charge is -2.14. The number of fused-ring (bicyclic) bond motifs is 1. The van der Waals surface area contributed by atoms with Crippen LogP contribution in [0.4, 0.5) is 0 Å². The van der Waals surface area contributed by atoms with E-state index in [2.05, 4.69) is 19.1 Å². The predicted molar refractivity (Wildman–Crippen MR) is 72.4 cm³/mol. The normalized spacial score (nSPS) is 10.6. The highest BCUT2D eigenvalue weighted by atomic mass is 16.7. The van der Waals surface area contributed by atoms with Crippen molar-refractivity contribution in [3.63, 3.8) is 0 Å². The van der Waals surface area contributed by atoms with Gasteiger partial charge in [0.2, 0.25) is 0 Å². The Bertz CT molecular complexity index is 534. The van der Waals surface area contributed by atoms with Crippen LogP contribution in [-0.2, 0) is 11.2 Å². The Morgan fingerprint density at radius 2 is 1.83 bits per heavy atom. The van der Waals surface area contributed by atoms with Gasteiger partial charge in [0.25, 0.3) is 0 Å². The second-order valence-corrected chi connectivity index (χ2v) is 4.01. The van der Waals surface area contributed by atoms with Crippen molar-refractivity contribution in [2.45, 2.75) is 13.3 Å². The van der Waals surface area contributed by atoms with E-state index < -0.39 is 0 Å². The molecule has 0 atom stereocenters. The third-order valence-electron chi connectivity index (χ3n) is 2.99. The Kier molecular flexibility index (Phi) is 4.05. The highest BCUT2D eigenvalue weighted by Crippen LogP contribution is 2.36. The van der Waals surface area contributed by atoms with Crippen LogP contribution in [0.5, 0.6) is 11.5 Å². The van der Waals surface area contributed by atoms with E-state index in [1.54, 1.807) is 14.2 Å². The zero-order valence-electron chi connectivity index (χ0n) is 11.0. The SMILES string of the molecule is CCc1cccc2c(OCOC)c(OC)ccc12. The van der Waals surface area contributed by atoms with Crippen molar-refractivity contribution in [3.05, 3.63) is 35.9 Å². The van der Waals surface area contributed by atoms with Crippen LogP contribution in [0.25, 0.3) is 10.8 Å². The van der Waals surface area contributed by atoms with Gasteiger partial charge in [-0.1, -0.05) is 31.2 Å². The first-order chi connectivity index (χ1) is 8.81. The van der Waals surface area contributed by atoms with E-state index in [1.807, 2.05) is 18.2 Å². The second-order valence-electron chi connectivity index (χ2n) is 4.01. The first-order valence-corrected chi connectivity index (χ1v) is 6.02. The largest absolute Gasteiger partial charge is 0.493 e. The quantitative estimate of drug-likeness (QED) is 0.757. The molecule has 0 spiro atoms. The van der Waals surface area contributed by atoms with Gasteiger partial charge in [0.05, 0.1) is 7.11 Å². The number of ether oxygens (including phenoxy) is 3. The fraction of sp³-hybridized carbons (Fsp3) is 0.333. The van der Waals surface area contributed by atoms with Gasteiger partial charge in [0.15, 0.2) is 18.3 Å². The molecule has 2 rings (SSSR count). The molecule has 96 valence electrons. The smallest absolute Gasteiger partial charge is 0.188 e. The Morgan fingerprint density at radius 3 is 2.50 bits per heavy atom. The van der Waals surface area contributed by atoms with Crippen LogP contribution in [0, 0.1) is 0 Å². The fourth-order valence-electron chi connectivity index (χ4n) is 2.11. The zero-order valence-corrected chi connectivity index (χ0v) is 11.0. The summed E-state index contributed by atoms with van der Waals surface area (Å²) in [5.41, 5.74) is 1.30. The van der Waals surface area contributed by atoms with Crippen LogP contribution in [-0.4, -0.2) is 21.0 Å². The van der Waals surface area contributed by atoms with Gasteiger partial charge in [0, 0.05) is 12.5 Å². The van der Waals surface area contributed by atoms with E-state index in [0.29, 0.717) is 0 Å². The number of hydrogen-bond donors (Lipinski definition) is 0. The molecule has 0 aliphatic carbocycles. The highest BCUT2D eigenvalue weighted by Gasteiger charge is 2.11. The summed E-state index contributed by atoms with van der Waals surface area (Å²) in [6.45, 7) is 2.36. The van der Waals surface area contributed by atoms with E-state index in [9.17, 15) is 0 Å². The van der Waals surface area contributed by atoms with Crippen LogP contribution in [0.15, 0.2) is 30.3 Å². The minimum atomic E-state index is 0.214. The van der Waals surface area contributed by atoms with Crippen molar-refractivity contribution in [2.24, 2.45) is 0 Å². The minimum Gasteiger partial charge on any atom is -0.493 e. The molecule has 0 amide bonds. The molecular formula is C15H18O3. The van der Waals surface area contributed by atoms with Crippen LogP contribution < -0.4 is 9.47 Å². The van der Waals surface area contributed by atoms with Gasteiger partial charge in [-0.15, -0.1) is 0 Å². The predicted octanol–water partition coefficient (Wildman–Crippen LogP) is 3.39. The Morgan fingerprint density at radius 1 is 1.00 bits per heavy atom. The summed E-state index contributed by atoms with van der Waals surface area (Å²) in [6.07, 6.45) is 0.993. The maximum atomic E-state index is 5.64. The number of aryl methyl sites for hydroxylation is 1. The van der Waals surface area contributed by atoms with Gasteiger partial charge >= 0.3 is 0 Å². The Balaban J connectivity index is 2.61. The molecule has 0 unspecified atom stereocenters. The standard InChI is InChI=1S/C15H18O3/c1-4-11-6-5-7-13-12(11)8-9-14(17-3)15(13)18-10-16-2/h5-9H,4,10H2,1-3H3. The second kappa shape index (κ2) is 5.74. The van der Waals surface area contributed by atoms with Gasteiger partial charge in [-0.25, -0.2) is 0 Å². The summed E-state index contributed by atoms with van der Waals surface area (Å²) in [5, 5.41) is 2.26. The molecule has 2 aromatic carbocycles. The lowest BCUT2D eigenvalue weighted by atomic mass is 10.0. The van der Waals surface area contributed by atoms with Gasteiger partial charge in [0.1, 0.15) is 0 Å². The molecule has 0 bridgehead atoms. The van der Waals surface area contributed by atoms with Gasteiger partial charge in [-0.2, -0.15) is 0 Å². The lowest BCUT2D eigenvalue weighted by Crippen LogP contribution is -2.01. The molecule has 0 heterocycles. The van der Waals surface area contributed by atoms with Crippen molar-refractivity contribution in [1.82, 2.24) is 0 Å². The lowest BCUT2D eigenvalue weighted by molar-refractivity contribution is 0.0503. The summed E-state index contributed by atoms with van der Waals surface area (Å²) >= 11 is 0. The molecule has 3 nitrogen and oxygen atoms in total. The molecule has 0 N–H and O–H groups in total. The highest BCUT2D eigenvalue weighted by molar-refractivity contribution is 5.93. The van der Waals surface area contributed by atoms with Crippen LogP contribution in [0.1, 0.15) is 12.5 Å². The number of methoxy groups -OCH3 is 2. The van der Waals surface area contributed by atoms with E-state index in [1.165, 1.54) is 10.9 Å². The third kappa shape index (κ3) is 2.27. The molecule has 0 saturated carbocycles. The molecule has 0 aromatic heterocycles. The number of hydrogen-bond acceptors (Lipinski definition) is 3. The maximum absolute atomic E-state index is 5.64. The molecule has 3 heteroatoms. The minimum absolute atomic E-state index is 0.214. The van der Waals surface area contributed by atoms with Crippen molar-refractivity contribution in [2.75, 3.05) is 21.0 Å². The molecule has 0 aliphatic rings. The maximum Gasteiger partial charge on any atom is 0.188 e. The molecule has 18 heavy (non-hydrogen) atoms. The monoisotopic (exact) mass is 246 g/mol.